The van der Waals surface area contributed by atoms with Crippen molar-refractivity contribution in [1.82, 2.24) is 14.5 Å². The first-order valence-electron chi connectivity index (χ1n) is 6.91. The van der Waals surface area contributed by atoms with E-state index in [0.717, 1.165) is 25.9 Å². The molecule has 7 heteroatoms. The van der Waals surface area contributed by atoms with E-state index in [1.165, 1.54) is 4.31 Å². The predicted molar refractivity (Wildman–Crippen MR) is 73.2 cm³/mol. The highest BCUT2D eigenvalue weighted by Gasteiger charge is 2.30. The molecule has 0 spiro atoms. The van der Waals surface area contributed by atoms with Crippen LogP contribution >= 0.6 is 0 Å². The zero-order valence-electron chi connectivity index (χ0n) is 11.5. The van der Waals surface area contributed by atoms with Crippen molar-refractivity contribution < 1.29 is 13.2 Å². The van der Waals surface area contributed by atoms with Crippen molar-refractivity contribution in [1.29, 1.82) is 0 Å². The van der Waals surface area contributed by atoms with Gasteiger partial charge in [-0.3, -0.25) is 4.79 Å². The summed E-state index contributed by atoms with van der Waals surface area (Å²) < 4.78 is 26.1. The fourth-order valence-electron chi connectivity index (χ4n) is 2.67. The van der Waals surface area contributed by atoms with Gasteiger partial charge >= 0.3 is 0 Å². The lowest BCUT2D eigenvalue weighted by Crippen LogP contribution is -2.42. The van der Waals surface area contributed by atoms with Crippen LogP contribution in [0.15, 0.2) is 0 Å². The SMILES string of the molecule is CN1CCCN(S(=O)(=O)CC2CCCNC2)CC1=O. The molecule has 2 rings (SSSR count). The van der Waals surface area contributed by atoms with Crippen LogP contribution in [0, 0.1) is 5.92 Å². The van der Waals surface area contributed by atoms with Gasteiger partial charge in [0.15, 0.2) is 0 Å². The monoisotopic (exact) mass is 289 g/mol. The number of nitrogens with zero attached hydrogens (tertiary/aromatic N) is 2. The highest BCUT2D eigenvalue weighted by molar-refractivity contribution is 7.89. The van der Waals surface area contributed by atoms with Crippen molar-refractivity contribution in [3.8, 4) is 0 Å². The lowest BCUT2D eigenvalue weighted by Gasteiger charge is -2.26. The smallest absolute Gasteiger partial charge is 0.237 e. The number of carbonyl (C=O) groups is 1. The van der Waals surface area contributed by atoms with Gasteiger partial charge in [-0.25, -0.2) is 8.42 Å². The van der Waals surface area contributed by atoms with E-state index in [1.54, 1.807) is 11.9 Å². The molecule has 0 aromatic rings. The maximum Gasteiger partial charge on any atom is 0.237 e. The summed E-state index contributed by atoms with van der Waals surface area (Å²) in [6.45, 7) is 2.83. The number of amides is 1. The summed E-state index contributed by atoms with van der Waals surface area (Å²) in [5.41, 5.74) is 0. The molecule has 0 saturated carbocycles. The maximum atomic E-state index is 12.4. The third-order valence-electron chi connectivity index (χ3n) is 3.88. The molecule has 2 fully saturated rings. The van der Waals surface area contributed by atoms with Crippen LogP contribution in [0.5, 0.6) is 0 Å². The number of hydrogen-bond acceptors (Lipinski definition) is 4. The van der Waals surface area contributed by atoms with E-state index < -0.39 is 10.0 Å². The number of nitrogens with one attached hydrogen (secondary N) is 1. The zero-order valence-corrected chi connectivity index (χ0v) is 12.3. The molecule has 2 aliphatic rings. The van der Waals surface area contributed by atoms with Gasteiger partial charge in [-0.15, -0.1) is 0 Å². The molecule has 1 amide bonds. The molecule has 0 aliphatic carbocycles. The first kappa shape index (κ1) is 14.7. The minimum absolute atomic E-state index is 0.00101. The number of rotatable bonds is 3. The molecule has 2 heterocycles. The van der Waals surface area contributed by atoms with Crippen molar-refractivity contribution in [2.45, 2.75) is 19.3 Å². The first-order valence-corrected chi connectivity index (χ1v) is 8.52. The third kappa shape index (κ3) is 3.90. The van der Waals surface area contributed by atoms with Crippen molar-refractivity contribution >= 4 is 15.9 Å². The van der Waals surface area contributed by atoms with E-state index in [1.807, 2.05) is 0 Å². The van der Waals surface area contributed by atoms with Gasteiger partial charge in [-0.1, -0.05) is 0 Å². The van der Waals surface area contributed by atoms with E-state index in [2.05, 4.69) is 5.32 Å². The van der Waals surface area contributed by atoms with E-state index >= 15 is 0 Å². The lowest BCUT2D eigenvalue weighted by molar-refractivity contribution is -0.129. The van der Waals surface area contributed by atoms with Crippen LogP contribution in [-0.2, 0) is 14.8 Å². The Kier molecular flexibility index (Phi) is 4.81. The van der Waals surface area contributed by atoms with Crippen LogP contribution in [0.4, 0.5) is 0 Å². The van der Waals surface area contributed by atoms with Gasteiger partial charge in [0.05, 0.1) is 12.3 Å². The number of carbonyl (C=O) groups excluding carboxylic acids is 1. The topological polar surface area (TPSA) is 69.7 Å². The van der Waals surface area contributed by atoms with Gasteiger partial charge in [-0.2, -0.15) is 4.31 Å². The summed E-state index contributed by atoms with van der Waals surface area (Å²) in [4.78, 5) is 13.4. The largest absolute Gasteiger partial charge is 0.345 e. The lowest BCUT2D eigenvalue weighted by atomic mass is 10.0. The zero-order chi connectivity index (χ0) is 13.9. The highest BCUT2D eigenvalue weighted by Crippen LogP contribution is 2.16. The second-order valence-corrected chi connectivity index (χ2v) is 7.51. The molecule has 0 bridgehead atoms. The van der Waals surface area contributed by atoms with Gasteiger partial charge in [0.1, 0.15) is 0 Å². The molecule has 110 valence electrons. The quantitative estimate of drug-likeness (QED) is 0.759. The summed E-state index contributed by atoms with van der Waals surface area (Å²) >= 11 is 0. The maximum absolute atomic E-state index is 12.4. The summed E-state index contributed by atoms with van der Waals surface area (Å²) in [6.07, 6.45) is 2.69. The summed E-state index contributed by atoms with van der Waals surface area (Å²) in [5.74, 6) is 0.231. The highest BCUT2D eigenvalue weighted by atomic mass is 32.2. The number of hydrogen-bond donors (Lipinski definition) is 1. The molecule has 1 unspecified atom stereocenters. The van der Waals surface area contributed by atoms with Crippen molar-refractivity contribution in [3.63, 3.8) is 0 Å². The Morgan fingerprint density at radius 2 is 2.11 bits per heavy atom. The summed E-state index contributed by atoms with van der Waals surface area (Å²) in [6, 6.07) is 0. The van der Waals surface area contributed by atoms with E-state index in [9.17, 15) is 13.2 Å². The molecule has 6 nitrogen and oxygen atoms in total. The standard InChI is InChI=1S/C12H23N3O3S/c1-14-6-3-7-15(9-12(14)16)19(17,18)10-11-4-2-5-13-8-11/h11,13H,2-10H2,1H3. The number of sulfonamides is 1. The van der Waals surface area contributed by atoms with Crippen molar-refractivity contribution in [3.05, 3.63) is 0 Å². The van der Waals surface area contributed by atoms with Crippen LogP contribution < -0.4 is 5.32 Å². The average molecular weight is 289 g/mol. The van der Waals surface area contributed by atoms with Crippen LogP contribution in [-0.4, -0.2) is 69.1 Å². The molecular weight excluding hydrogens is 266 g/mol. The van der Waals surface area contributed by atoms with Crippen LogP contribution in [0.1, 0.15) is 19.3 Å². The first-order chi connectivity index (χ1) is 8.99. The Morgan fingerprint density at radius 3 is 2.79 bits per heavy atom. The molecule has 0 aromatic carbocycles. The Labute approximate surface area is 115 Å². The molecular formula is C12H23N3O3S. The van der Waals surface area contributed by atoms with Crippen LogP contribution in [0.25, 0.3) is 0 Å². The van der Waals surface area contributed by atoms with Gasteiger partial charge < -0.3 is 10.2 Å². The Balaban J connectivity index is 1.99. The van der Waals surface area contributed by atoms with E-state index in [0.29, 0.717) is 19.5 Å². The molecule has 2 saturated heterocycles. The number of likely N-dealkylation sites (N-methyl/N-ethyl adjacent to an activating group) is 1. The Morgan fingerprint density at radius 1 is 1.32 bits per heavy atom. The molecule has 19 heavy (non-hydrogen) atoms. The summed E-state index contributed by atoms with van der Waals surface area (Å²) in [7, 11) is -1.59. The molecule has 0 aromatic heterocycles. The van der Waals surface area contributed by atoms with Crippen molar-refractivity contribution in [2.75, 3.05) is 45.5 Å². The second-order valence-electron chi connectivity index (χ2n) is 5.49. The van der Waals surface area contributed by atoms with Gasteiger partial charge in [0, 0.05) is 20.1 Å². The average Bonchev–Trinajstić information content (AvgIpc) is 2.53. The second kappa shape index (κ2) is 6.19. The normalized spacial score (nSPS) is 27.3. The Bertz CT molecular complexity index is 418. The molecule has 2 aliphatic heterocycles. The van der Waals surface area contributed by atoms with E-state index in [-0.39, 0.29) is 24.1 Å². The third-order valence-corrected chi connectivity index (χ3v) is 5.87. The number of piperidine rings is 1. The Hall–Kier alpha value is -0.660. The van der Waals surface area contributed by atoms with E-state index in [4.69, 9.17) is 0 Å². The van der Waals surface area contributed by atoms with Crippen molar-refractivity contribution in [2.24, 2.45) is 5.92 Å². The fraction of sp³-hybridized carbons (Fsp3) is 0.917. The van der Waals surface area contributed by atoms with Gasteiger partial charge in [0.25, 0.3) is 0 Å². The molecule has 1 N–H and O–H groups in total. The van der Waals surface area contributed by atoms with Gasteiger partial charge in [0.2, 0.25) is 15.9 Å². The fourth-order valence-corrected chi connectivity index (χ4v) is 4.47. The van der Waals surface area contributed by atoms with Crippen LogP contribution in [0.3, 0.4) is 0 Å². The molecule has 0 radical (unpaired) electrons. The molecule has 1 atom stereocenters. The predicted octanol–water partition coefficient (Wildman–Crippen LogP) is -0.520. The van der Waals surface area contributed by atoms with Gasteiger partial charge in [-0.05, 0) is 38.3 Å². The minimum Gasteiger partial charge on any atom is -0.345 e. The van der Waals surface area contributed by atoms with Crippen LogP contribution in [0.2, 0.25) is 0 Å². The minimum atomic E-state index is -3.32. The summed E-state index contributed by atoms with van der Waals surface area (Å²) in [5, 5.41) is 3.23.